The lowest BCUT2D eigenvalue weighted by Crippen LogP contribution is -2.06. The zero-order valence-electron chi connectivity index (χ0n) is 16.8. The van der Waals surface area contributed by atoms with Crippen molar-refractivity contribution in [2.45, 2.75) is 25.5 Å². The third-order valence-corrected chi connectivity index (χ3v) is 5.92. The summed E-state index contributed by atoms with van der Waals surface area (Å²) >= 11 is 1.68. The highest BCUT2D eigenvalue weighted by Crippen LogP contribution is 2.39. The standard InChI is InChI=1S/C23H25NO4S/c1-15-5-4-6-19(20(13-27-2)23(25)26)21(15)14-29-22(16-7-8-16)24-17-9-11-18(28-3)12-10-17/h4-6,9-13,16H,7-8,14H2,1-3H3,(H,25,26). The van der Waals surface area contributed by atoms with E-state index < -0.39 is 5.97 Å². The number of methoxy groups -OCH3 is 2. The number of hydrogen-bond acceptors (Lipinski definition) is 5. The van der Waals surface area contributed by atoms with Gasteiger partial charge in [-0.1, -0.05) is 18.2 Å². The molecule has 29 heavy (non-hydrogen) atoms. The van der Waals surface area contributed by atoms with E-state index in [0.29, 0.717) is 17.2 Å². The summed E-state index contributed by atoms with van der Waals surface area (Å²) in [5.41, 5.74) is 3.79. The number of thioether (sulfide) groups is 1. The van der Waals surface area contributed by atoms with Crippen LogP contribution in [0.3, 0.4) is 0 Å². The maximum Gasteiger partial charge on any atom is 0.339 e. The van der Waals surface area contributed by atoms with Crippen LogP contribution in [0.15, 0.2) is 53.7 Å². The molecule has 2 aromatic rings. The molecule has 0 atom stereocenters. The molecule has 0 aromatic heterocycles. The van der Waals surface area contributed by atoms with E-state index in [9.17, 15) is 9.90 Å². The summed E-state index contributed by atoms with van der Waals surface area (Å²) < 4.78 is 10.2. The van der Waals surface area contributed by atoms with Crippen LogP contribution in [0.4, 0.5) is 5.69 Å². The molecule has 0 heterocycles. The average molecular weight is 412 g/mol. The van der Waals surface area contributed by atoms with E-state index in [1.54, 1.807) is 18.9 Å². The van der Waals surface area contributed by atoms with Gasteiger partial charge in [0.2, 0.25) is 0 Å². The molecule has 0 bridgehead atoms. The smallest absolute Gasteiger partial charge is 0.339 e. The average Bonchev–Trinajstić information content (AvgIpc) is 3.55. The molecule has 0 spiro atoms. The minimum Gasteiger partial charge on any atom is -0.503 e. The molecule has 1 saturated carbocycles. The lowest BCUT2D eigenvalue weighted by molar-refractivity contribution is -0.130. The first kappa shape index (κ1) is 21.0. The van der Waals surface area contributed by atoms with Gasteiger partial charge in [-0.3, -0.25) is 0 Å². The Morgan fingerprint density at radius 3 is 2.52 bits per heavy atom. The monoisotopic (exact) mass is 411 g/mol. The predicted octanol–water partition coefficient (Wildman–Crippen LogP) is 5.45. The third kappa shape index (κ3) is 5.41. The molecule has 5 nitrogen and oxygen atoms in total. The first-order valence-corrected chi connectivity index (χ1v) is 10.4. The zero-order valence-corrected chi connectivity index (χ0v) is 17.7. The molecule has 0 saturated heterocycles. The van der Waals surface area contributed by atoms with Crippen LogP contribution in [0.1, 0.15) is 29.5 Å². The van der Waals surface area contributed by atoms with Gasteiger partial charge < -0.3 is 14.6 Å². The maximum absolute atomic E-state index is 11.7. The van der Waals surface area contributed by atoms with Crippen molar-refractivity contribution < 1.29 is 19.4 Å². The number of carboxylic acid groups (broad SMARTS) is 1. The van der Waals surface area contributed by atoms with E-state index in [0.717, 1.165) is 40.4 Å². The van der Waals surface area contributed by atoms with Crippen molar-refractivity contribution in [2.24, 2.45) is 10.9 Å². The van der Waals surface area contributed by atoms with Gasteiger partial charge in [-0.25, -0.2) is 9.79 Å². The maximum atomic E-state index is 11.7. The third-order valence-electron chi connectivity index (χ3n) is 4.77. The molecule has 0 radical (unpaired) electrons. The second-order valence-corrected chi connectivity index (χ2v) is 7.88. The van der Waals surface area contributed by atoms with Crippen LogP contribution >= 0.6 is 11.8 Å². The van der Waals surface area contributed by atoms with E-state index in [1.807, 2.05) is 49.4 Å². The predicted molar refractivity (Wildman–Crippen MR) is 118 cm³/mol. The SMILES string of the molecule is COC=C(C(=O)O)c1cccc(C)c1CSC(=Nc1ccc(OC)cc1)C1CC1. The number of benzene rings is 2. The van der Waals surface area contributed by atoms with Crippen LogP contribution in [0.5, 0.6) is 5.75 Å². The van der Waals surface area contributed by atoms with Crippen molar-refractivity contribution in [1.82, 2.24) is 0 Å². The van der Waals surface area contributed by atoms with E-state index >= 15 is 0 Å². The van der Waals surface area contributed by atoms with Crippen LogP contribution in [-0.2, 0) is 15.3 Å². The van der Waals surface area contributed by atoms with Gasteiger partial charge in [-0.2, -0.15) is 0 Å². The topological polar surface area (TPSA) is 68.1 Å². The first-order chi connectivity index (χ1) is 14.0. The molecule has 0 unspecified atom stereocenters. The largest absolute Gasteiger partial charge is 0.503 e. The van der Waals surface area contributed by atoms with Gasteiger partial charge >= 0.3 is 5.97 Å². The molecular weight excluding hydrogens is 386 g/mol. The number of aliphatic carboxylic acids is 1. The lowest BCUT2D eigenvalue weighted by atomic mass is 9.98. The molecule has 1 N–H and O–H groups in total. The Hall–Kier alpha value is -2.73. The Bertz CT molecular complexity index is 930. The molecule has 1 aliphatic carbocycles. The molecule has 3 rings (SSSR count). The Balaban J connectivity index is 1.86. The molecule has 0 aliphatic heterocycles. The van der Waals surface area contributed by atoms with Gasteiger partial charge in [0.1, 0.15) is 11.3 Å². The summed E-state index contributed by atoms with van der Waals surface area (Å²) in [6, 6.07) is 13.4. The summed E-state index contributed by atoms with van der Waals surface area (Å²) in [7, 11) is 3.10. The van der Waals surface area contributed by atoms with Gasteiger partial charge in [0, 0.05) is 11.7 Å². The summed E-state index contributed by atoms with van der Waals surface area (Å²) in [6.45, 7) is 2.00. The van der Waals surface area contributed by atoms with Crippen LogP contribution in [0.25, 0.3) is 5.57 Å². The molecular formula is C23H25NO4S. The second kappa shape index (κ2) is 9.65. The van der Waals surface area contributed by atoms with E-state index in [-0.39, 0.29) is 5.57 Å². The Labute approximate surface area is 175 Å². The van der Waals surface area contributed by atoms with E-state index in [2.05, 4.69) is 0 Å². The summed E-state index contributed by atoms with van der Waals surface area (Å²) in [5.74, 6) is 0.947. The fourth-order valence-electron chi connectivity index (χ4n) is 2.99. The fraction of sp³-hybridized carbons (Fsp3) is 0.304. The highest BCUT2D eigenvalue weighted by atomic mass is 32.2. The number of carbonyl (C=O) groups is 1. The van der Waals surface area contributed by atoms with Crippen molar-refractivity contribution in [3.63, 3.8) is 0 Å². The fourth-order valence-corrected chi connectivity index (χ4v) is 4.31. The summed E-state index contributed by atoms with van der Waals surface area (Å²) in [6.07, 6.45) is 3.58. The van der Waals surface area contributed by atoms with Crippen molar-refractivity contribution in [2.75, 3.05) is 14.2 Å². The van der Waals surface area contributed by atoms with Crippen LogP contribution in [-0.4, -0.2) is 30.3 Å². The Morgan fingerprint density at radius 2 is 1.93 bits per heavy atom. The first-order valence-electron chi connectivity index (χ1n) is 9.44. The molecule has 6 heteroatoms. The number of hydrogen-bond donors (Lipinski definition) is 1. The number of ether oxygens (including phenoxy) is 2. The molecule has 1 fully saturated rings. The van der Waals surface area contributed by atoms with Gasteiger partial charge in [0.25, 0.3) is 0 Å². The highest BCUT2D eigenvalue weighted by Gasteiger charge is 2.28. The van der Waals surface area contributed by atoms with Crippen molar-refractivity contribution >= 4 is 34.0 Å². The van der Waals surface area contributed by atoms with Gasteiger partial charge in [-0.15, -0.1) is 11.8 Å². The molecule has 2 aromatic carbocycles. The molecule has 152 valence electrons. The van der Waals surface area contributed by atoms with Crippen LogP contribution in [0, 0.1) is 12.8 Å². The van der Waals surface area contributed by atoms with Crippen LogP contribution in [0.2, 0.25) is 0 Å². The van der Waals surface area contributed by atoms with Crippen molar-refractivity contribution in [1.29, 1.82) is 0 Å². The quantitative estimate of drug-likeness (QED) is 0.271. The normalized spacial score (nSPS) is 14.6. The zero-order chi connectivity index (χ0) is 20.8. The Morgan fingerprint density at radius 1 is 1.21 bits per heavy atom. The second-order valence-electron chi connectivity index (χ2n) is 6.88. The van der Waals surface area contributed by atoms with Crippen LogP contribution < -0.4 is 4.74 Å². The number of rotatable bonds is 8. The lowest BCUT2D eigenvalue weighted by Gasteiger charge is -2.14. The van der Waals surface area contributed by atoms with E-state index in [4.69, 9.17) is 14.5 Å². The summed E-state index contributed by atoms with van der Waals surface area (Å²) in [5, 5.41) is 10.7. The Kier molecular flexibility index (Phi) is 6.99. The molecule has 0 amide bonds. The summed E-state index contributed by atoms with van der Waals surface area (Å²) in [4.78, 5) is 16.6. The number of carboxylic acids is 1. The van der Waals surface area contributed by atoms with Gasteiger partial charge in [0.05, 0.1) is 31.2 Å². The molecule has 1 aliphatic rings. The van der Waals surface area contributed by atoms with Crippen molar-refractivity contribution in [3.8, 4) is 5.75 Å². The minimum absolute atomic E-state index is 0.159. The minimum atomic E-state index is -1.00. The number of aliphatic imine (C=N–C) groups is 1. The van der Waals surface area contributed by atoms with E-state index in [1.165, 1.54) is 13.4 Å². The van der Waals surface area contributed by atoms with Gasteiger partial charge in [0.15, 0.2) is 0 Å². The van der Waals surface area contributed by atoms with Gasteiger partial charge in [-0.05, 0) is 60.7 Å². The number of aryl methyl sites for hydroxylation is 1. The van der Waals surface area contributed by atoms with Crippen molar-refractivity contribution in [3.05, 3.63) is 65.4 Å². The highest BCUT2D eigenvalue weighted by molar-refractivity contribution is 8.13. The number of nitrogens with zero attached hydrogens (tertiary/aromatic N) is 1.